The second kappa shape index (κ2) is 18.4. The maximum Gasteiger partial charge on any atom is 0.338 e. The fraction of sp³-hybridized carbons (Fsp3) is 0.778. The largest absolute Gasteiger partial charge is 0.497 e. The first-order valence-corrected chi connectivity index (χ1v) is 21.7. The van der Waals surface area contributed by atoms with Gasteiger partial charge in [-0.15, -0.1) is 0 Å². The zero-order valence-corrected chi connectivity index (χ0v) is 36.3. The third-order valence-corrected chi connectivity index (χ3v) is 15.5. The zero-order chi connectivity index (χ0) is 44.0. The molecule has 0 spiro atoms. The summed E-state index contributed by atoms with van der Waals surface area (Å²) in [7, 11) is 4.60. The number of aliphatic hydroxyl groups is 5. The topological polar surface area (TPSA) is 218 Å². The van der Waals surface area contributed by atoms with Crippen molar-refractivity contribution in [3.63, 3.8) is 0 Å². The highest BCUT2D eigenvalue weighted by Gasteiger charge is 2.70. The highest BCUT2D eigenvalue weighted by atomic mass is 16.8. The molecule has 0 amide bonds. The third kappa shape index (κ3) is 8.52. The number of allylic oxidation sites excluding steroid dienone is 1. The second-order valence-corrected chi connectivity index (χ2v) is 18.6. The van der Waals surface area contributed by atoms with E-state index in [-0.39, 0.29) is 35.5 Å². The molecule has 6 aliphatic rings. The van der Waals surface area contributed by atoms with E-state index < -0.39 is 97.1 Å². The van der Waals surface area contributed by atoms with E-state index in [0.717, 1.165) is 32.1 Å². The van der Waals surface area contributed by atoms with Gasteiger partial charge in [0.25, 0.3) is 0 Å². The molecule has 1 aromatic rings. The number of ether oxygens (including phenoxy) is 9. The van der Waals surface area contributed by atoms with Crippen molar-refractivity contribution in [2.24, 2.45) is 34.5 Å². The Kier molecular flexibility index (Phi) is 13.9. The van der Waals surface area contributed by atoms with E-state index in [1.807, 2.05) is 6.92 Å². The molecule has 5 fully saturated rings. The molecule has 342 valence electrons. The lowest BCUT2D eigenvalue weighted by Gasteiger charge is -2.59. The Balaban J connectivity index is 1.18. The molecule has 3 saturated carbocycles. The van der Waals surface area contributed by atoms with Crippen LogP contribution in [0.15, 0.2) is 35.9 Å². The summed E-state index contributed by atoms with van der Waals surface area (Å²) in [5.74, 6) is -0.885. The Bertz CT molecular complexity index is 1720. The van der Waals surface area contributed by atoms with Crippen LogP contribution in [0.5, 0.6) is 5.75 Å². The summed E-state index contributed by atoms with van der Waals surface area (Å²) in [5, 5.41) is 57.1. The number of carbonyl (C=O) groups is 2. The van der Waals surface area contributed by atoms with Crippen molar-refractivity contribution in [3.8, 4) is 5.75 Å². The van der Waals surface area contributed by atoms with Gasteiger partial charge in [-0.2, -0.15) is 0 Å². The van der Waals surface area contributed by atoms with Gasteiger partial charge < -0.3 is 68.2 Å². The van der Waals surface area contributed by atoms with Crippen molar-refractivity contribution >= 4 is 11.9 Å². The number of fused-ring (bicyclic) bond motifs is 5. The van der Waals surface area contributed by atoms with Gasteiger partial charge in [-0.1, -0.05) is 32.4 Å². The summed E-state index contributed by atoms with van der Waals surface area (Å²) in [5.41, 5.74) is -0.686. The number of aliphatic hydroxyl groups excluding tert-OH is 4. The number of hydrogen-bond donors (Lipinski definition) is 5. The monoisotopic (exact) mass is 862 g/mol. The van der Waals surface area contributed by atoms with Crippen molar-refractivity contribution in [2.75, 3.05) is 34.5 Å². The summed E-state index contributed by atoms with van der Waals surface area (Å²) in [6, 6.07) is 6.07. The van der Waals surface area contributed by atoms with Gasteiger partial charge in [-0.05, 0) is 98.3 Å². The maximum atomic E-state index is 13.5. The predicted octanol–water partition coefficient (Wildman–Crippen LogP) is 3.03. The Labute approximate surface area is 357 Å². The third-order valence-electron chi connectivity index (χ3n) is 15.5. The van der Waals surface area contributed by atoms with Crippen molar-refractivity contribution < 1.29 is 77.8 Å². The lowest BCUT2D eigenvalue weighted by molar-refractivity contribution is -0.346. The van der Waals surface area contributed by atoms with E-state index >= 15 is 0 Å². The highest BCUT2D eigenvalue weighted by molar-refractivity contribution is 5.89. The summed E-state index contributed by atoms with van der Waals surface area (Å²) < 4.78 is 53.0. The van der Waals surface area contributed by atoms with Crippen LogP contribution in [-0.2, 0) is 42.7 Å². The van der Waals surface area contributed by atoms with Crippen LogP contribution >= 0.6 is 0 Å². The molecule has 61 heavy (non-hydrogen) atoms. The van der Waals surface area contributed by atoms with Crippen molar-refractivity contribution in [1.29, 1.82) is 0 Å². The minimum absolute atomic E-state index is 0.0202. The van der Waals surface area contributed by atoms with Gasteiger partial charge in [0, 0.05) is 33.0 Å². The SMILES string of the molecule is COc1ccc(C(=O)O[C@H]2[C@H](O[C@@H]3[C@@H](OC(C)=O)[C@H](O[C@@H]4C[C@H]5[C@@H]6CC=C7C[C@@H](O)CC[C@]7(C)[C@H]6CC[C@]5(C)[C@@]4(O)[C@H](C)CC(OC)OC)OC[C@@H]3O)OC[C@@H](O)[C@@H]2O)cc1. The molecule has 2 saturated heterocycles. The lowest BCUT2D eigenvalue weighted by Crippen LogP contribution is -2.64. The van der Waals surface area contributed by atoms with Crippen LogP contribution in [0.4, 0.5) is 0 Å². The van der Waals surface area contributed by atoms with E-state index in [1.165, 1.54) is 31.7 Å². The van der Waals surface area contributed by atoms with E-state index in [9.17, 15) is 35.1 Å². The molecule has 0 unspecified atom stereocenters. The quantitative estimate of drug-likeness (QED) is 0.109. The first-order chi connectivity index (χ1) is 29.0. The minimum Gasteiger partial charge on any atom is -0.497 e. The average molecular weight is 863 g/mol. The van der Waals surface area contributed by atoms with E-state index in [4.69, 9.17) is 42.6 Å². The number of hydrogen-bond acceptors (Lipinski definition) is 16. The zero-order valence-electron chi connectivity index (χ0n) is 36.3. The van der Waals surface area contributed by atoms with Crippen molar-refractivity contribution in [2.45, 2.75) is 152 Å². The summed E-state index contributed by atoms with van der Waals surface area (Å²) in [6.45, 7) is 6.94. The van der Waals surface area contributed by atoms with E-state index in [2.05, 4.69) is 19.9 Å². The Hall–Kier alpha value is -2.74. The van der Waals surface area contributed by atoms with E-state index in [1.54, 1.807) is 26.4 Å². The van der Waals surface area contributed by atoms with Crippen LogP contribution in [0.2, 0.25) is 0 Å². The molecular formula is C45H66O16. The van der Waals surface area contributed by atoms with Crippen LogP contribution in [0.1, 0.15) is 89.4 Å². The Morgan fingerprint density at radius 2 is 1.52 bits per heavy atom. The van der Waals surface area contributed by atoms with Crippen LogP contribution in [0.3, 0.4) is 0 Å². The fourth-order valence-corrected chi connectivity index (χ4v) is 12.1. The predicted molar refractivity (Wildman–Crippen MR) is 215 cm³/mol. The number of methoxy groups -OCH3 is 3. The molecule has 5 N–H and O–H groups in total. The standard InChI is InChI=1S/C45H66O16/c1-23(18-35(54-6)55-7)45(52)34(20-31-29-13-10-26-19-27(47)14-16-43(26,3)30(29)15-17-44(31,45)4)59-42-39(58-24(2)46)37(33(49)22-57-42)61-41-38(36(50)32(48)21-56-41)60-40(51)25-8-11-28(53-5)12-9-25/h8-12,23,27,29-39,41-42,47-50,52H,13-22H2,1-7H3/t23-,27+,29-,30+,31+,32-,33+,34-,36+,37+,38-,39-,41+,42+,43+,44+,45-/m1/s1. The molecule has 0 bridgehead atoms. The first kappa shape index (κ1) is 46.3. The van der Waals surface area contributed by atoms with Crippen LogP contribution in [-0.4, -0.2) is 145 Å². The van der Waals surface area contributed by atoms with Crippen LogP contribution in [0, 0.1) is 34.5 Å². The van der Waals surface area contributed by atoms with Gasteiger partial charge in [0.2, 0.25) is 0 Å². The molecule has 16 nitrogen and oxygen atoms in total. The molecular weight excluding hydrogens is 796 g/mol. The van der Waals surface area contributed by atoms with Gasteiger partial charge in [0.1, 0.15) is 30.2 Å². The van der Waals surface area contributed by atoms with Gasteiger partial charge >= 0.3 is 11.9 Å². The molecule has 0 radical (unpaired) electrons. The van der Waals surface area contributed by atoms with Gasteiger partial charge in [-0.3, -0.25) is 4.79 Å². The molecule has 1 aromatic carbocycles. The fourth-order valence-electron chi connectivity index (χ4n) is 12.1. The molecule has 4 aliphatic carbocycles. The molecule has 17 atom stereocenters. The molecule has 16 heteroatoms. The van der Waals surface area contributed by atoms with Crippen molar-refractivity contribution in [1.82, 2.24) is 0 Å². The number of esters is 2. The lowest BCUT2D eigenvalue weighted by atomic mass is 9.46. The number of benzene rings is 1. The van der Waals surface area contributed by atoms with Crippen LogP contribution < -0.4 is 4.74 Å². The molecule has 2 heterocycles. The second-order valence-electron chi connectivity index (χ2n) is 18.6. The minimum atomic E-state index is -1.64. The number of carbonyl (C=O) groups excluding carboxylic acids is 2. The number of rotatable bonds is 13. The molecule has 0 aromatic heterocycles. The highest BCUT2D eigenvalue weighted by Crippen LogP contribution is 2.69. The average Bonchev–Trinajstić information content (AvgIpc) is 3.47. The molecule has 7 rings (SSSR count). The van der Waals surface area contributed by atoms with E-state index in [0.29, 0.717) is 30.9 Å². The summed E-state index contributed by atoms with van der Waals surface area (Å²) in [6.07, 6.45) is -5.63. The Morgan fingerprint density at radius 3 is 2.18 bits per heavy atom. The van der Waals surface area contributed by atoms with Gasteiger partial charge in [-0.25, -0.2) is 4.79 Å². The smallest absolute Gasteiger partial charge is 0.338 e. The van der Waals surface area contributed by atoms with Gasteiger partial charge in [0.05, 0.1) is 43.7 Å². The van der Waals surface area contributed by atoms with Gasteiger partial charge in [0.15, 0.2) is 31.1 Å². The van der Waals surface area contributed by atoms with Crippen LogP contribution in [0.25, 0.3) is 0 Å². The summed E-state index contributed by atoms with van der Waals surface area (Å²) in [4.78, 5) is 26.1. The summed E-state index contributed by atoms with van der Waals surface area (Å²) >= 11 is 0. The maximum absolute atomic E-state index is 13.5. The molecule has 2 aliphatic heterocycles. The first-order valence-electron chi connectivity index (χ1n) is 21.7. The van der Waals surface area contributed by atoms with Crippen molar-refractivity contribution in [3.05, 3.63) is 41.5 Å². The normalized spacial score (nSPS) is 42.7. The Morgan fingerprint density at radius 1 is 0.852 bits per heavy atom.